The first-order valence-corrected chi connectivity index (χ1v) is 8.64. The predicted molar refractivity (Wildman–Crippen MR) is 102 cm³/mol. The standard InChI is InChI=1S/C23H21F3/c1-13(2)16-6-5-14(3)23-17(9-15(4)20(23)10-16)7-8-19-21(25)11-18(24)12-22(19)26/h5-13H,1-4H3/b8-7+. The minimum absolute atomic E-state index is 0.237. The zero-order valence-electron chi connectivity index (χ0n) is 15.3. The third-order valence-corrected chi connectivity index (χ3v) is 4.73. The van der Waals surface area contributed by atoms with Gasteiger partial charge >= 0.3 is 0 Å². The van der Waals surface area contributed by atoms with Crippen LogP contribution in [0.2, 0.25) is 0 Å². The van der Waals surface area contributed by atoms with Crippen LogP contribution in [0.25, 0.3) is 23.3 Å². The van der Waals surface area contributed by atoms with E-state index in [0.29, 0.717) is 18.1 Å². The summed E-state index contributed by atoms with van der Waals surface area (Å²) in [5.74, 6) is -2.33. The van der Waals surface area contributed by atoms with Gasteiger partial charge in [-0.2, -0.15) is 0 Å². The van der Waals surface area contributed by atoms with Gasteiger partial charge in [0.25, 0.3) is 0 Å². The zero-order valence-corrected chi connectivity index (χ0v) is 15.3. The predicted octanol–water partition coefficient (Wildman–Crippen LogP) is 7.12. The van der Waals surface area contributed by atoms with Gasteiger partial charge in [0.2, 0.25) is 0 Å². The van der Waals surface area contributed by atoms with Crippen LogP contribution in [0, 0.1) is 31.3 Å². The van der Waals surface area contributed by atoms with E-state index in [1.54, 1.807) is 6.08 Å². The molecule has 1 aromatic rings. The monoisotopic (exact) mass is 354 g/mol. The molecule has 0 nitrogen and oxygen atoms in total. The quantitative estimate of drug-likeness (QED) is 0.470. The summed E-state index contributed by atoms with van der Waals surface area (Å²) in [5.41, 5.74) is 6.30. The van der Waals surface area contributed by atoms with Gasteiger partial charge in [-0.1, -0.05) is 44.2 Å². The third kappa shape index (κ3) is 3.39. The van der Waals surface area contributed by atoms with E-state index in [1.807, 2.05) is 19.9 Å². The van der Waals surface area contributed by atoms with Crippen molar-refractivity contribution < 1.29 is 13.2 Å². The van der Waals surface area contributed by atoms with Gasteiger partial charge in [0.1, 0.15) is 17.5 Å². The second-order valence-electron chi connectivity index (χ2n) is 7.00. The van der Waals surface area contributed by atoms with Crippen molar-refractivity contribution in [3.63, 3.8) is 0 Å². The molecule has 0 bridgehead atoms. The van der Waals surface area contributed by atoms with Crippen molar-refractivity contribution in [2.45, 2.75) is 33.6 Å². The fourth-order valence-corrected chi connectivity index (χ4v) is 3.26. The number of aryl methyl sites for hydroxylation is 2. The van der Waals surface area contributed by atoms with Crippen LogP contribution < -0.4 is 0 Å². The van der Waals surface area contributed by atoms with Crippen LogP contribution in [0.15, 0.2) is 36.4 Å². The Morgan fingerprint density at radius 3 is 2.08 bits per heavy atom. The van der Waals surface area contributed by atoms with E-state index in [0.717, 1.165) is 27.8 Å². The Morgan fingerprint density at radius 2 is 1.46 bits per heavy atom. The summed E-state index contributed by atoms with van der Waals surface area (Å²) >= 11 is 0. The number of hydrogen-bond donors (Lipinski definition) is 0. The zero-order chi connectivity index (χ0) is 19.0. The van der Waals surface area contributed by atoms with Gasteiger partial charge in [0, 0.05) is 17.7 Å². The number of halogens is 3. The Kier molecular flexibility index (Phi) is 4.90. The summed E-state index contributed by atoms with van der Waals surface area (Å²) in [6.07, 6.45) is 3.06. The van der Waals surface area contributed by atoms with Crippen LogP contribution in [0.3, 0.4) is 0 Å². The molecule has 0 radical (unpaired) electrons. The van der Waals surface area contributed by atoms with Crippen molar-refractivity contribution in [2.75, 3.05) is 0 Å². The smallest absolute Gasteiger partial charge is 0.136 e. The Hall–Kier alpha value is -2.55. The molecule has 0 aliphatic heterocycles. The van der Waals surface area contributed by atoms with E-state index < -0.39 is 17.5 Å². The summed E-state index contributed by atoms with van der Waals surface area (Å²) in [5, 5.41) is 0. The molecule has 0 saturated heterocycles. The maximum atomic E-state index is 13.9. The van der Waals surface area contributed by atoms with Crippen molar-refractivity contribution in [1.82, 2.24) is 0 Å². The number of hydrogen-bond acceptors (Lipinski definition) is 0. The normalized spacial score (nSPS) is 11.8. The molecule has 0 saturated carbocycles. The first-order chi connectivity index (χ1) is 12.3. The molecule has 0 N–H and O–H groups in total. The molecule has 3 rings (SSSR count). The van der Waals surface area contributed by atoms with E-state index in [2.05, 4.69) is 32.0 Å². The molecule has 3 heteroatoms. The van der Waals surface area contributed by atoms with Crippen molar-refractivity contribution >= 4 is 12.2 Å². The highest BCUT2D eigenvalue weighted by Crippen LogP contribution is 2.37. The van der Waals surface area contributed by atoms with Crippen molar-refractivity contribution in [1.29, 1.82) is 0 Å². The van der Waals surface area contributed by atoms with E-state index in [1.165, 1.54) is 11.6 Å². The van der Waals surface area contributed by atoms with Gasteiger partial charge in [0.05, 0.1) is 0 Å². The van der Waals surface area contributed by atoms with Crippen molar-refractivity contribution in [3.8, 4) is 11.1 Å². The van der Waals surface area contributed by atoms with Crippen LogP contribution in [-0.4, -0.2) is 0 Å². The molecule has 2 aliphatic rings. The van der Waals surface area contributed by atoms with Crippen LogP contribution in [0.5, 0.6) is 0 Å². The average Bonchev–Trinajstić information content (AvgIpc) is 2.73. The lowest BCUT2D eigenvalue weighted by Gasteiger charge is -2.04. The maximum Gasteiger partial charge on any atom is 0.136 e. The first kappa shape index (κ1) is 18.2. The van der Waals surface area contributed by atoms with Crippen molar-refractivity contribution in [3.05, 3.63) is 81.7 Å². The van der Waals surface area contributed by atoms with Gasteiger partial charge in [-0.15, -0.1) is 0 Å². The molecule has 0 fully saturated rings. The Bertz CT molecular complexity index is 944. The largest absolute Gasteiger partial charge is 0.207 e. The van der Waals surface area contributed by atoms with E-state index in [-0.39, 0.29) is 5.56 Å². The van der Waals surface area contributed by atoms with Gasteiger partial charge in [0.15, 0.2) is 0 Å². The molecule has 0 atom stereocenters. The van der Waals surface area contributed by atoms with Crippen LogP contribution >= 0.6 is 0 Å². The second kappa shape index (κ2) is 6.99. The second-order valence-corrected chi connectivity index (χ2v) is 7.00. The summed E-state index contributed by atoms with van der Waals surface area (Å²) in [4.78, 5) is 0. The first-order valence-electron chi connectivity index (χ1n) is 8.64. The highest BCUT2D eigenvalue weighted by molar-refractivity contribution is 5.87. The van der Waals surface area contributed by atoms with Crippen LogP contribution in [-0.2, 0) is 0 Å². The molecule has 0 amide bonds. The summed E-state index contributed by atoms with van der Waals surface area (Å²) in [6.45, 7) is 8.36. The lowest BCUT2D eigenvalue weighted by atomic mass is 10.0. The fourth-order valence-electron chi connectivity index (χ4n) is 3.26. The van der Waals surface area contributed by atoms with Crippen LogP contribution in [0.1, 0.15) is 47.6 Å². The summed E-state index contributed by atoms with van der Waals surface area (Å²) in [6, 6.07) is 9.77. The van der Waals surface area contributed by atoms with E-state index in [4.69, 9.17) is 0 Å². The third-order valence-electron chi connectivity index (χ3n) is 4.73. The molecule has 1 aromatic carbocycles. The lowest BCUT2D eigenvalue weighted by molar-refractivity contribution is 0.540. The topological polar surface area (TPSA) is 0 Å². The molecular weight excluding hydrogens is 333 g/mol. The van der Waals surface area contributed by atoms with Gasteiger partial charge in [-0.25, -0.2) is 13.2 Å². The average molecular weight is 354 g/mol. The Labute approximate surface area is 152 Å². The molecule has 0 heterocycles. The van der Waals surface area contributed by atoms with Gasteiger partial charge < -0.3 is 0 Å². The molecule has 0 unspecified atom stereocenters. The van der Waals surface area contributed by atoms with E-state index in [9.17, 15) is 13.2 Å². The number of rotatable bonds is 3. The molecule has 134 valence electrons. The summed E-state index contributed by atoms with van der Waals surface area (Å²) < 4.78 is 40.8. The SMILES string of the molecule is Cc1cc(/C=C/c2c(F)cc(F)cc2F)c2c(C)ccc(C(C)C)cc1-2. The molecule has 26 heavy (non-hydrogen) atoms. The Balaban J connectivity index is 2.11. The minimum atomic E-state index is -0.921. The molecule has 0 spiro atoms. The molecule has 2 aliphatic carbocycles. The number of fused-ring (bicyclic) bond motifs is 1. The lowest BCUT2D eigenvalue weighted by Crippen LogP contribution is -1.91. The maximum absolute atomic E-state index is 13.9. The Morgan fingerprint density at radius 1 is 0.808 bits per heavy atom. The number of benzene rings is 1. The highest BCUT2D eigenvalue weighted by atomic mass is 19.1. The van der Waals surface area contributed by atoms with Crippen molar-refractivity contribution in [2.24, 2.45) is 0 Å². The van der Waals surface area contributed by atoms with E-state index >= 15 is 0 Å². The molecule has 0 aromatic heterocycles. The van der Waals surface area contributed by atoms with Gasteiger partial charge in [-0.05, 0) is 59.2 Å². The highest BCUT2D eigenvalue weighted by Gasteiger charge is 2.15. The molecular formula is C23H21F3. The van der Waals surface area contributed by atoms with Gasteiger partial charge in [-0.3, -0.25) is 0 Å². The minimum Gasteiger partial charge on any atom is -0.207 e. The summed E-state index contributed by atoms with van der Waals surface area (Å²) in [7, 11) is 0. The van der Waals surface area contributed by atoms with Crippen LogP contribution in [0.4, 0.5) is 13.2 Å². The fraction of sp³-hybridized carbons (Fsp3) is 0.217.